The number of rotatable bonds is 7. The normalized spacial score (nSPS) is 14.8. The molecular formula is C24H26N6O2. The number of nitrogens with one attached hydrogen (secondary N) is 1. The number of benzene rings is 1. The van der Waals surface area contributed by atoms with Crippen molar-refractivity contribution in [2.24, 2.45) is 5.92 Å². The van der Waals surface area contributed by atoms with Crippen LogP contribution < -0.4 is 5.32 Å². The highest BCUT2D eigenvalue weighted by atomic mass is 16.5. The lowest BCUT2D eigenvalue weighted by atomic mass is 10.0. The Bertz CT molecular complexity index is 1260. The number of pyridine rings is 1. The molecule has 1 N–H and O–H groups in total. The van der Waals surface area contributed by atoms with E-state index < -0.39 is 0 Å². The number of aryl methyl sites for hydroxylation is 1. The van der Waals surface area contributed by atoms with Crippen molar-refractivity contribution in [2.75, 3.05) is 0 Å². The van der Waals surface area contributed by atoms with Crippen molar-refractivity contribution in [3.8, 4) is 11.3 Å². The molecule has 5 rings (SSSR count). The zero-order valence-corrected chi connectivity index (χ0v) is 18.4. The third kappa shape index (κ3) is 3.77. The number of hydrogen-bond donors (Lipinski definition) is 1. The first-order chi connectivity index (χ1) is 15.5. The molecule has 1 amide bonds. The van der Waals surface area contributed by atoms with E-state index in [1.165, 1.54) is 0 Å². The molecule has 1 aliphatic carbocycles. The summed E-state index contributed by atoms with van der Waals surface area (Å²) in [5.41, 5.74) is 2.89. The lowest BCUT2D eigenvalue weighted by Gasteiger charge is -2.19. The van der Waals surface area contributed by atoms with E-state index in [1.807, 2.05) is 57.2 Å². The van der Waals surface area contributed by atoms with Gasteiger partial charge in [0.25, 0.3) is 5.91 Å². The van der Waals surface area contributed by atoms with Crippen LogP contribution in [0.4, 0.5) is 0 Å². The Hall–Kier alpha value is -3.55. The summed E-state index contributed by atoms with van der Waals surface area (Å²) in [6.45, 7) is 6.72. The highest BCUT2D eigenvalue weighted by Crippen LogP contribution is 2.38. The molecule has 0 bridgehead atoms. The molecule has 1 fully saturated rings. The monoisotopic (exact) mass is 430 g/mol. The Balaban J connectivity index is 1.53. The number of fused-ring (bicyclic) bond motifs is 1. The molecule has 1 unspecified atom stereocenters. The molecule has 0 radical (unpaired) electrons. The van der Waals surface area contributed by atoms with Gasteiger partial charge in [-0.25, -0.2) is 9.67 Å². The highest BCUT2D eigenvalue weighted by Gasteiger charge is 2.32. The van der Waals surface area contributed by atoms with Crippen molar-refractivity contribution in [2.45, 2.75) is 52.1 Å². The van der Waals surface area contributed by atoms with E-state index in [9.17, 15) is 4.79 Å². The average molecular weight is 431 g/mol. The summed E-state index contributed by atoms with van der Waals surface area (Å²) >= 11 is 0. The highest BCUT2D eigenvalue weighted by molar-refractivity contribution is 6.06. The number of hydrogen-bond acceptors (Lipinski definition) is 6. The van der Waals surface area contributed by atoms with Gasteiger partial charge < -0.3 is 9.84 Å². The summed E-state index contributed by atoms with van der Waals surface area (Å²) < 4.78 is 7.33. The lowest BCUT2D eigenvalue weighted by molar-refractivity contribution is 0.0915. The van der Waals surface area contributed by atoms with E-state index in [4.69, 9.17) is 9.51 Å². The number of carbonyl (C=O) groups is 1. The largest absolute Gasteiger partial charge is 0.340 e. The van der Waals surface area contributed by atoms with Crippen LogP contribution in [-0.2, 0) is 6.54 Å². The maximum absolute atomic E-state index is 13.5. The predicted molar refractivity (Wildman–Crippen MR) is 120 cm³/mol. The van der Waals surface area contributed by atoms with Crippen LogP contribution in [-0.4, -0.2) is 30.8 Å². The zero-order valence-electron chi connectivity index (χ0n) is 18.4. The SMILES string of the molecule is CCn1ncc2c(C(=O)NC(c3nc(C4CC4)no3)C(C)C)cc(-c3ccccc3)nc21. The number of carbonyl (C=O) groups excluding carboxylic acids is 1. The van der Waals surface area contributed by atoms with Crippen LogP contribution in [0, 0.1) is 5.92 Å². The van der Waals surface area contributed by atoms with E-state index in [0.29, 0.717) is 29.6 Å². The van der Waals surface area contributed by atoms with E-state index in [0.717, 1.165) is 35.3 Å². The molecular weight excluding hydrogens is 404 g/mol. The first-order valence-corrected chi connectivity index (χ1v) is 11.1. The van der Waals surface area contributed by atoms with Gasteiger partial charge in [0.05, 0.1) is 22.8 Å². The van der Waals surface area contributed by atoms with E-state index in [2.05, 4.69) is 20.6 Å². The fourth-order valence-corrected chi connectivity index (χ4v) is 3.84. The molecule has 3 heterocycles. The first-order valence-electron chi connectivity index (χ1n) is 11.1. The molecule has 32 heavy (non-hydrogen) atoms. The zero-order chi connectivity index (χ0) is 22.2. The van der Waals surface area contributed by atoms with Crippen LogP contribution in [0.1, 0.15) is 67.6 Å². The second kappa shape index (κ2) is 8.18. The summed E-state index contributed by atoms with van der Waals surface area (Å²) in [6, 6.07) is 11.3. The van der Waals surface area contributed by atoms with Gasteiger partial charge >= 0.3 is 0 Å². The quantitative estimate of drug-likeness (QED) is 0.463. The van der Waals surface area contributed by atoms with Crippen molar-refractivity contribution in [1.29, 1.82) is 0 Å². The maximum atomic E-state index is 13.5. The molecule has 1 aliphatic rings. The predicted octanol–water partition coefficient (Wildman–Crippen LogP) is 4.51. The van der Waals surface area contributed by atoms with E-state index in [-0.39, 0.29) is 17.9 Å². The fourth-order valence-electron chi connectivity index (χ4n) is 3.84. The number of amides is 1. The van der Waals surface area contributed by atoms with Gasteiger partial charge in [0.2, 0.25) is 5.89 Å². The Morgan fingerprint density at radius 2 is 2.00 bits per heavy atom. The first kappa shape index (κ1) is 20.4. The van der Waals surface area contributed by atoms with Gasteiger partial charge in [-0.1, -0.05) is 49.3 Å². The van der Waals surface area contributed by atoms with Crippen LogP contribution in [0.5, 0.6) is 0 Å². The second-order valence-corrected chi connectivity index (χ2v) is 8.58. The second-order valence-electron chi connectivity index (χ2n) is 8.58. The smallest absolute Gasteiger partial charge is 0.252 e. The summed E-state index contributed by atoms with van der Waals surface area (Å²) in [4.78, 5) is 22.9. The minimum atomic E-state index is -0.382. The minimum Gasteiger partial charge on any atom is -0.340 e. The van der Waals surface area contributed by atoms with Crippen molar-refractivity contribution >= 4 is 16.9 Å². The lowest BCUT2D eigenvalue weighted by Crippen LogP contribution is -2.32. The molecule has 1 saturated carbocycles. The molecule has 3 aromatic heterocycles. The van der Waals surface area contributed by atoms with Gasteiger partial charge in [0.1, 0.15) is 6.04 Å². The molecule has 0 spiro atoms. The third-order valence-electron chi connectivity index (χ3n) is 5.84. The Morgan fingerprint density at radius 3 is 2.69 bits per heavy atom. The van der Waals surface area contributed by atoms with Gasteiger partial charge in [0, 0.05) is 18.0 Å². The Labute approximate surface area is 186 Å². The van der Waals surface area contributed by atoms with Crippen LogP contribution in [0.2, 0.25) is 0 Å². The summed E-state index contributed by atoms with van der Waals surface area (Å²) in [7, 11) is 0. The Morgan fingerprint density at radius 1 is 1.22 bits per heavy atom. The van der Waals surface area contributed by atoms with Crippen LogP contribution in [0.15, 0.2) is 47.1 Å². The summed E-state index contributed by atoms with van der Waals surface area (Å²) in [5, 5.41) is 12.4. The summed E-state index contributed by atoms with van der Waals surface area (Å²) in [5.74, 6) is 1.45. The third-order valence-corrected chi connectivity index (χ3v) is 5.84. The van der Waals surface area contributed by atoms with Gasteiger partial charge in [-0.15, -0.1) is 0 Å². The van der Waals surface area contributed by atoms with Gasteiger partial charge in [0.15, 0.2) is 11.5 Å². The van der Waals surface area contributed by atoms with Crippen molar-refractivity contribution < 1.29 is 9.32 Å². The van der Waals surface area contributed by atoms with Crippen LogP contribution in [0.3, 0.4) is 0 Å². The van der Waals surface area contributed by atoms with Crippen LogP contribution >= 0.6 is 0 Å². The summed E-state index contributed by atoms with van der Waals surface area (Å²) in [6.07, 6.45) is 3.89. The van der Waals surface area contributed by atoms with Crippen LogP contribution in [0.25, 0.3) is 22.3 Å². The average Bonchev–Trinajstić information content (AvgIpc) is 3.39. The maximum Gasteiger partial charge on any atom is 0.252 e. The number of nitrogens with zero attached hydrogens (tertiary/aromatic N) is 5. The van der Waals surface area contributed by atoms with Gasteiger partial charge in [-0.3, -0.25) is 4.79 Å². The molecule has 0 saturated heterocycles. The topological polar surface area (TPSA) is 98.7 Å². The molecule has 1 atom stereocenters. The van der Waals surface area contributed by atoms with Gasteiger partial charge in [-0.05, 0) is 31.7 Å². The fraction of sp³-hybridized carbons (Fsp3) is 0.375. The van der Waals surface area contributed by atoms with Gasteiger partial charge in [-0.2, -0.15) is 10.1 Å². The van der Waals surface area contributed by atoms with Crippen molar-refractivity contribution in [3.63, 3.8) is 0 Å². The molecule has 0 aliphatic heterocycles. The molecule has 4 aromatic rings. The van der Waals surface area contributed by atoms with Crippen molar-refractivity contribution in [1.82, 2.24) is 30.2 Å². The van der Waals surface area contributed by atoms with E-state index >= 15 is 0 Å². The minimum absolute atomic E-state index is 0.0794. The Kier molecular flexibility index (Phi) is 5.20. The van der Waals surface area contributed by atoms with Crippen molar-refractivity contribution in [3.05, 3.63) is 59.9 Å². The number of aromatic nitrogens is 5. The van der Waals surface area contributed by atoms with E-state index in [1.54, 1.807) is 10.9 Å². The standard InChI is InChI=1S/C24H26N6O2/c1-4-30-22-18(13-25-30)17(12-19(26-22)15-8-6-5-7-9-15)23(31)27-20(14(2)3)24-28-21(29-32-24)16-10-11-16/h5-9,12-14,16,20H,4,10-11H2,1-3H3,(H,27,31). The molecule has 164 valence electrons. The molecule has 1 aromatic carbocycles. The molecule has 8 nitrogen and oxygen atoms in total. The molecule has 8 heteroatoms.